The lowest BCUT2D eigenvalue weighted by atomic mass is 9.82. The van der Waals surface area contributed by atoms with Crippen molar-refractivity contribution in [1.82, 2.24) is 9.97 Å². The van der Waals surface area contributed by atoms with Crippen molar-refractivity contribution < 1.29 is 4.74 Å². The number of aromatic nitrogens is 2. The molecule has 1 unspecified atom stereocenters. The van der Waals surface area contributed by atoms with Crippen LogP contribution in [0.5, 0.6) is 0 Å². The number of anilines is 1. The van der Waals surface area contributed by atoms with E-state index >= 15 is 0 Å². The van der Waals surface area contributed by atoms with Gasteiger partial charge in [0.1, 0.15) is 22.4 Å². The van der Waals surface area contributed by atoms with Crippen LogP contribution in [0, 0.1) is 10.1 Å². The number of nitrogens with zero attached hydrogens (tertiary/aromatic N) is 1. The molecule has 0 bridgehead atoms. The standard InChI is InChI=1S/C16H27N3OS/c1-15(2,3)10-16(4,5)19-12-9-13(21)18-14(17-12)11-7-6-8-20-11/h9,11H,6-8,10H2,1-5H3,(H2,17,18,19,21). The molecular formula is C16H27N3OS. The summed E-state index contributed by atoms with van der Waals surface area (Å²) in [5, 5.41) is 3.56. The lowest BCUT2D eigenvalue weighted by Crippen LogP contribution is -2.35. The third kappa shape index (κ3) is 5.08. The first-order valence-corrected chi connectivity index (χ1v) is 8.07. The highest BCUT2D eigenvalue weighted by atomic mass is 32.1. The monoisotopic (exact) mass is 309 g/mol. The number of hydrogen-bond donors (Lipinski definition) is 2. The number of aromatic amines is 1. The molecule has 1 saturated heterocycles. The molecule has 1 aliphatic rings. The first-order chi connectivity index (χ1) is 9.65. The van der Waals surface area contributed by atoms with Crippen molar-refractivity contribution in [2.24, 2.45) is 5.41 Å². The van der Waals surface area contributed by atoms with E-state index < -0.39 is 0 Å². The molecule has 0 spiro atoms. The maximum Gasteiger partial charge on any atom is 0.138 e. The summed E-state index contributed by atoms with van der Waals surface area (Å²) >= 11 is 5.29. The average molecular weight is 309 g/mol. The minimum atomic E-state index is -0.0221. The highest BCUT2D eigenvalue weighted by Crippen LogP contribution is 2.30. The molecule has 0 amide bonds. The predicted octanol–water partition coefficient (Wildman–Crippen LogP) is 4.62. The molecule has 4 nitrogen and oxygen atoms in total. The van der Waals surface area contributed by atoms with E-state index in [1.807, 2.05) is 6.07 Å². The van der Waals surface area contributed by atoms with Crippen LogP contribution in [0.4, 0.5) is 5.82 Å². The molecule has 21 heavy (non-hydrogen) atoms. The fourth-order valence-corrected chi connectivity index (χ4v) is 3.44. The van der Waals surface area contributed by atoms with Gasteiger partial charge in [0.05, 0.1) is 0 Å². The predicted molar refractivity (Wildman–Crippen MR) is 89.1 cm³/mol. The van der Waals surface area contributed by atoms with E-state index in [0.717, 1.165) is 37.5 Å². The molecule has 1 aromatic heterocycles. The molecule has 0 saturated carbocycles. The van der Waals surface area contributed by atoms with Gasteiger partial charge in [-0.1, -0.05) is 33.0 Å². The Balaban J connectivity index is 2.18. The van der Waals surface area contributed by atoms with Gasteiger partial charge in [-0.05, 0) is 38.5 Å². The Kier molecular flexibility index (Phi) is 4.73. The Labute approximate surface area is 132 Å². The second kappa shape index (κ2) is 6.05. The zero-order valence-corrected chi connectivity index (χ0v) is 14.6. The van der Waals surface area contributed by atoms with Crippen LogP contribution in [0.3, 0.4) is 0 Å². The summed E-state index contributed by atoms with van der Waals surface area (Å²) in [6.45, 7) is 12.0. The summed E-state index contributed by atoms with van der Waals surface area (Å²) in [6, 6.07) is 1.89. The summed E-state index contributed by atoms with van der Waals surface area (Å²) in [5.41, 5.74) is 0.239. The lowest BCUT2D eigenvalue weighted by Gasteiger charge is -2.34. The van der Waals surface area contributed by atoms with Gasteiger partial charge in [-0.25, -0.2) is 4.98 Å². The maximum atomic E-state index is 5.69. The molecule has 1 atom stereocenters. The summed E-state index contributed by atoms with van der Waals surface area (Å²) in [5.74, 6) is 1.77. The number of nitrogens with one attached hydrogen (secondary N) is 2. The van der Waals surface area contributed by atoms with Gasteiger partial charge in [0.15, 0.2) is 0 Å². The minimum absolute atomic E-state index is 0.0221. The summed E-state index contributed by atoms with van der Waals surface area (Å²) < 4.78 is 6.30. The van der Waals surface area contributed by atoms with E-state index in [-0.39, 0.29) is 17.1 Å². The van der Waals surface area contributed by atoms with E-state index in [0.29, 0.717) is 4.64 Å². The topological polar surface area (TPSA) is 49.9 Å². The summed E-state index contributed by atoms with van der Waals surface area (Å²) in [6.07, 6.45) is 3.20. The summed E-state index contributed by atoms with van der Waals surface area (Å²) in [7, 11) is 0. The normalized spacial score (nSPS) is 19.8. The Hall–Kier alpha value is -0.940. The number of hydrogen-bond acceptors (Lipinski definition) is 4. The Morgan fingerprint density at radius 2 is 2.10 bits per heavy atom. The number of rotatable bonds is 4. The van der Waals surface area contributed by atoms with Crippen molar-refractivity contribution in [2.75, 3.05) is 11.9 Å². The van der Waals surface area contributed by atoms with Gasteiger partial charge in [0, 0.05) is 18.2 Å². The molecule has 0 aromatic carbocycles. The first kappa shape index (κ1) is 16.4. The summed E-state index contributed by atoms with van der Waals surface area (Å²) in [4.78, 5) is 7.77. The van der Waals surface area contributed by atoms with Crippen molar-refractivity contribution in [2.45, 2.75) is 65.5 Å². The SMILES string of the molecule is CC(C)(C)CC(C)(C)Nc1cc(=S)nc(C2CCCO2)[nH]1. The van der Waals surface area contributed by atoms with Gasteiger partial charge in [-0.15, -0.1) is 0 Å². The van der Waals surface area contributed by atoms with E-state index in [9.17, 15) is 0 Å². The van der Waals surface area contributed by atoms with Crippen LogP contribution in [0.2, 0.25) is 0 Å². The average Bonchev–Trinajstić information content (AvgIpc) is 2.76. The van der Waals surface area contributed by atoms with Gasteiger partial charge in [-0.3, -0.25) is 0 Å². The number of H-pyrrole nitrogens is 1. The van der Waals surface area contributed by atoms with Crippen LogP contribution in [0.1, 0.15) is 65.8 Å². The molecule has 1 aromatic rings. The lowest BCUT2D eigenvalue weighted by molar-refractivity contribution is 0.105. The van der Waals surface area contributed by atoms with Crippen LogP contribution in [-0.4, -0.2) is 22.1 Å². The smallest absolute Gasteiger partial charge is 0.138 e. The second-order valence-electron chi connectivity index (χ2n) is 7.77. The zero-order valence-electron chi connectivity index (χ0n) is 13.7. The van der Waals surface area contributed by atoms with Gasteiger partial charge >= 0.3 is 0 Å². The number of ether oxygens (including phenoxy) is 1. The van der Waals surface area contributed by atoms with Gasteiger partial charge in [0.2, 0.25) is 0 Å². The zero-order chi connectivity index (χ0) is 15.7. The van der Waals surface area contributed by atoms with Crippen LogP contribution >= 0.6 is 12.2 Å². The van der Waals surface area contributed by atoms with Crippen molar-refractivity contribution in [1.29, 1.82) is 0 Å². The Bertz CT molecular complexity index is 539. The molecule has 0 aliphatic carbocycles. The Morgan fingerprint density at radius 3 is 2.67 bits per heavy atom. The maximum absolute atomic E-state index is 5.69. The molecule has 2 rings (SSSR count). The molecule has 2 heterocycles. The Morgan fingerprint density at radius 1 is 1.38 bits per heavy atom. The first-order valence-electron chi connectivity index (χ1n) is 7.66. The molecule has 1 fully saturated rings. The third-order valence-electron chi connectivity index (χ3n) is 3.44. The third-order valence-corrected chi connectivity index (χ3v) is 3.65. The van der Waals surface area contributed by atoms with E-state index in [2.05, 4.69) is 49.9 Å². The van der Waals surface area contributed by atoms with Gasteiger partial charge in [0.25, 0.3) is 0 Å². The second-order valence-corrected chi connectivity index (χ2v) is 8.18. The highest BCUT2D eigenvalue weighted by molar-refractivity contribution is 7.71. The molecular weight excluding hydrogens is 282 g/mol. The van der Waals surface area contributed by atoms with Gasteiger partial charge < -0.3 is 15.0 Å². The molecule has 2 N–H and O–H groups in total. The molecule has 1 aliphatic heterocycles. The fourth-order valence-electron chi connectivity index (χ4n) is 3.22. The van der Waals surface area contributed by atoms with Crippen molar-refractivity contribution >= 4 is 18.0 Å². The fraction of sp³-hybridized carbons (Fsp3) is 0.750. The van der Waals surface area contributed by atoms with E-state index in [1.54, 1.807) is 0 Å². The van der Waals surface area contributed by atoms with E-state index in [1.165, 1.54) is 0 Å². The van der Waals surface area contributed by atoms with Crippen LogP contribution in [-0.2, 0) is 4.74 Å². The molecule has 118 valence electrons. The quantitative estimate of drug-likeness (QED) is 0.797. The minimum Gasteiger partial charge on any atom is -0.370 e. The van der Waals surface area contributed by atoms with Crippen LogP contribution in [0.15, 0.2) is 6.07 Å². The van der Waals surface area contributed by atoms with Crippen LogP contribution < -0.4 is 5.32 Å². The van der Waals surface area contributed by atoms with Gasteiger partial charge in [-0.2, -0.15) is 0 Å². The van der Waals surface area contributed by atoms with Crippen molar-refractivity contribution in [3.05, 3.63) is 16.5 Å². The molecule has 0 radical (unpaired) electrons. The van der Waals surface area contributed by atoms with Crippen molar-refractivity contribution in [3.8, 4) is 0 Å². The van der Waals surface area contributed by atoms with Crippen molar-refractivity contribution in [3.63, 3.8) is 0 Å². The highest BCUT2D eigenvalue weighted by Gasteiger charge is 2.26. The van der Waals surface area contributed by atoms with Crippen LogP contribution in [0.25, 0.3) is 0 Å². The van der Waals surface area contributed by atoms with E-state index in [4.69, 9.17) is 17.0 Å². The molecule has 5 heteroatoms. The largest absolute Gasteiger partial charge is 0.370 e.